The van der Waals surface area contributed by atoms with Crippen LogP contribution in [0.4, 0.5) is 0 Å². The molecule has 0 bridgehead atoms. The van der Waals surface area contributed by atoms with E-state index in [9.17, 15) is 0 Å². The average molecular weight is 179 g/mol. The number of hydrogen-bond acceptors (Lipinski definition) is 1. The monoisotopic (exact) mass is 179 g/mol. The van der Waals surface area contributed by atoms with Crippen LogP contribution in [0.5, 0.6) is 0 Å². The first-order valence-corrected chi connectivity index (χ1v) is 4.94. The van der Waals surface area contributed by atoms with Gasteiger partial charge in [-0.15, -0.1) is 0 Å². The van der Waals surface area contributed by atoms with Gasteiger partial charge in [0.1, 0.15) is 0 Å². The highest BCUT2D eigenvalue weighted by Crippen LogP contribution is 2.00. The molecule has 1 aromatic carbocycles. The molecular formula is C12H21N. The lowest BCUT2D eigenvalue weighted by Crippen LogP contribution is -1.95. The summed E-state index contributed by atoms with van der Waals surface area (Å²) >= 11 is 0. The number of unbranched alkanes of at least 4 members (excludes halogenated alkanes) is 1. The molecule has 0 atom stereocenters. The van der Waals surface area contributed by atoms with E-state index in [2.05, 4.69) is 45.0 Å². The van der Waals surface area contributed by atoms with Crippen LogP contribution in [0.3, 0.4) is 0 Å². The van der Waals surface area contributed by atoms with Gasteiger partial charge in [-0.2, -0.15) is 0 Å². The van der Waals surface area contributed by atoms with E-state index in [1.165, 1.54) is 24.0 Å². The molecular weight excluding hydrogens is 158 g/mol. The Morgan fingerprint density at radius 1 is 1.15 bits per heavy atom. The molecule has 0 aliphatic rings. The summed E-state index contributed by atoms with van der Waals surface area (Å²) in [4.78, 5) is 0. The Morgan fingerprint density at radius 2 is 1.69 bits per heavy atom. The van der Waals surface area contributed by atoms with E-state index in [0.717, 1.165) is 6.54 Å². The number of benzene rings is 1. The third kappa shape index (κ3) is 7.54. The Balaban J connectivity index is 0.000000252. The number of rotatable bonds is 2. The van der Waals surface area contributed by atoms with E-state index in [4.69, 9.17) is 5.73 Å². The van der Waals surface area contributed by atoms with Crippen molar-refractivity contribution in [2.45, 2.75) is 33.6 Å². The van der Waals surface area contributed by atoms with Gasteiger partial charge in [-0.25, -0.2) is 0 Å². The van der Waals surface area contributed by atoms with Crippen LogP contribution in [0.15, 0.2) is 24.3 Å². The maximum atomic E-state index is 5.14. The van der Waals surface area contributed by atoms with Crippen molar-refractivity contribution >= 4 is 0 Å². The molecule has 0 fully saturated rings. The SMILES string of the molecule is CCCCN.Cc1cccc(C)c1. The fourth-order valence-electron chi connectivity index (χ4n) is 1.01. The molecule has 13 heavy (non-hydrogen) atoms. The first kappa shape index (κ1) is 12.2. The summed E-state index contributed by atoms with van der Waals surface area (Å²) in [6, 6.07) is 8.45. The maximum absolute atomic E-state index is 5.14. The summed E-state index contributed by atoms with van der Waals surface area (Å²) in [5.74, 6) is 0. The highest BCUT2D eigenvalue weighted by Gasteiger charge is 1.80. The predicted octanol–water partition coefficient (Wildman–Crippen LogP) is 3.05. The molecule has 1 heteroatoms. The van der Waals surface area contributed by atoms with E-state index in [1.54, 1.807) is 0 Å². The molecule has 0 spiro atoms. The molecule has 0 aromatic heterocycles. The minimum atomic E-state index is 0.844. The van der Waals surface area contributed by atoms with Gasteiger partial charge in [0, 0.05) is 0 Å². The Morgan fingerprint density at radius 3 is 1.85 bits per heavy atom. The zero-order valence-electron chi connectivity index (χ0n) is 9.01. The highest BCUT2D eigenvalue weighted by molar-refractivity contribution is 5.20. The van der Waals surface area contributed by atoms with Crippen molar-refractivity contribution in [2.24, 2.45) is 5.73 Å². The topological polar surface area (TPSA) is 26.0 Å². The molecule has 0 heterocycles. The van der Waals surface area contributed by atoms with Crippen LogP contribution in [-0.2, 0) is 0 Å². The van der Waals surface area contributed by atoms with Crippen molar-refractivity contribution in [3.05, 3.63) is 35.4 Å². The van der Waals surface area contributed by atoms with E-state index in [0.29, 0.717) is 0 Å². The quantitative estimate of drug-likeness (QED) is 0.742. The molecule has 0 amide bonds. The lowest BCUT2D eigenvalue weighted by atomic mass is 10.2. The second kappa shape index (κ2) is 7.81. The summed E-state index contributed by atoms with van der Waals surface area (Å²) in [6.45, 7) is 7.18. The number of nitrogens with two attached hydrogens (primary N) is 1. The molecule has 74 valence electrons. The van der Waals surface area contributed by atoms with Crippen molar-refractivity contribution < 1.29 is 0 Å². The normalized spacial score (nSPS) is 8.92. The summed E-state index contributed by atoms with van der Waals surface area (Å²) in [5, 5.41) is 0. The largest absolute Gasteiger partial charge is 0.330 e. The molecule has 0 saturated carbocycles. The third-order valence-electron chi connectivity index (χ3n) is 1.73. The van der Waals surface area contributed by atoms with Crippen LogP contribution in [0.1, 0.15) is 30.9 Å². The molecule has 0 aliphatic carbocycles. The Hall–Kier alpha value is -0.820. The summed E-state index contributed by atoms with van der Waals surface area (Å²) in [7, 11) is 0. The smallest absolute Gasteiger partial charge is 0.00774 e. The molecule has 1 aromatic rings. The van der Waals surface area contributed by atoms with Crippen molar-refractivity contribution in [2.75, 3.05) is 6.54 Å². The van der Waals surface area contributed by atoms with Crippen LogP contribution >= 0.6 is 0 Å². The molecule has 2 N–H and O–H groups in total. The van der Waals surface area contributed by atoms with Gasteiger partial charge in [-0.3, -0.25) is 0 Å². The molecule has 0 saturated heterocycles. The first-order valence-electron chi connectivity index (χ1n) is 4.94. The molecule has 0 radical (unpaired) electrons. The Kier molecular flexibility index (Phi) is 7.32. The fourth-order valence-corrected chi connectivity index (χ4v) is 1.01. The summed E-state index contributed by atoms with van der Waals surface area (Å²) < 4.78 is 0. The predicted molar refractivity (Wildman–Crippen MR) is 59.9 cm³/mol. The number of aryl methyl sites for hydroxylation is 2. The zero-order chi connectivity index (χ0) is 10.1. The van der Waals surface area contributed by atoms with Gasteiger partial charge in [-0.05, 0) is 26.8 Å². The number of hydrogen-bond donors (Lipinski definition) is 1. The minimum Gasteiger partial charge on any atom is -0.330 e. The highest BCUT2D eigenvalue weighted by atomic mass is 14.5. The van der Waals surface area contributed by atoms with Gasteiger partial charge in [0.2, 0.25) is 0 Å². The van der Waals surface area contributed by atoms with Gasteiger partial charge in [0.15, 0.2) is 0 Å². The first-order chi connectivity index (χ1) is 6.20. The van der Waals surface area contributed by atoms with Gasteiger partial charge < -0.3 is 5.73 Å². The van der Waals surface area contributed by atoms with E-state index in [1.807, 2.05) is 0 Å². The van der Waals surface area contributed by atoms with Gasteiger partial charge in [-0.1, -0.05) is 48.7 Å². The van der Waals surface area contributed by atoms with Crippen LogP contribution < -0.4 is 5.73 Å². The Bertz CT molecular complexity index is 199. The maximum Gasteiger partial charge on any atom is -0.00774 e. The lowest BCUT2D eigenvalue weighted by Gasteiger charge is -1.90. The van der Waals surface area contributed by atoms with Gasteiger partial charge in [0.05, 0.1) is 0 Å². The van der Waals surface area contributed by atoms with E-state index >= 15 is 0 Å². The van der Waals surface area contributed by atoms with Crippen molar-refractivity contribution in [1.29, 1.82) is 0 Å². The molecule has 1 rings (SSSR count). The summed E-state index contributed by atoms with van der Waals surface area (Å²) in [5.41, 5.74) is 7.81. The zero-order valence-corrected chi connectivity index (χ0v) is 9.01. The van der Waals surface area contributed by atoms with Gasteiger partial charge >= 0.3 is 0 Å². The standard InChI is InChI=1S/C8H10.C4H11N/c1-7-4-3-5-8(2)6-7;1-2-3-4-5/h3-6H,1-2H3;2-5H2,1H3. The average Bonchev–Trinajstić information content (AvgIpc) is 2.06. The van der Waals surface area contributed by atoms with Crippen LogP contribution in [-0.4, -0.2) is 6.54 Å². The molecule has 0 aliphatic heterocycles. The second-order valence-electron chi connectivity index (χ2n) is 3.30. The van der Waals surface area contributed by atoms with Crippen molar-refractivity contribution in [1.82, 2.24) is 0 Å². The Labute approximate surface area is 82.0 Å². The summed E-state index contributed by atoms with van der Waals surface area (Å²) in [6.07, 6.45) is 2.39. The van der Waals surface area contributed by atoms with Crippen molar-refractivity contribution in [3.63, 3.8) is 0 Å². The van der Waals surface area contributed by atoms with E-state index in [-0.39, 0.29) is 0 Å². The van der Waals surface area contributed by atoms with E-state index < -0.39 is 0 Å². The molecule has 1 nitrogen and oxygen atoms in total. The van der Waals surface area contributed by atoms with Crippen molar-refractivity contribution in [3.8, 4) is 0 Å². The second-order valence-corrected chi connectivity index (χ2v) is 3.30. The minimum absolute atomic E-state index is 0.844. The molecule has 0 unspecified atom stereocenters. The van der Waals surface area contributed by atoms with Crippen LogP contribution in [0.2, 0.25) is 0 Å². The lowest BCUT2D eigenvalue weighted by molar-refractivity contribution is 0.807. The van der Waals surface area contributed by atoms with Crippen LogP contribution in [0.25, 0.3) is 0 Å². The third-order valence-corrected chi connectivity index (χ3v) is 1.73. The fraction of sp³-hybridized carbons (Fsp3) is 0.500. The van der Waals surface area contributed by atoms with Gasteiger partial charge in [0.25, 0.3) is 0 Å². The van der Waals surface area contributed by atoms with Crippen LogP contribution in [0, 0.1) is 13.8 Å².